The molecule has 1 aromatic heterocycles. The van der Waals surface area contributed by atoms with Crippen LogP contribution in [0.3, 0.4) is 0 Å². The minimum absolute atomic E-state index is 0.0198. The zero-order valence-corrected chi connectivity index (χ0v) is 18.9. The van der Waals surface area contributed by atoms with Crippen molar-refractivity contribution in [3.8, 4) is 5.75 Å². The van der Waals surface area contributed by atoms with Crippen LogP contribution in [0.25, 0.3) is 0 Å². The van der Waals surface area contributed by atoms with E-state index in [4.69, 9.17) is 21.3 Å². The van der Waals surface area contributed by atoms with E-state index in [1.165, 1.54) is 11.1 Å². The standard InChI is InChI=1S/C24H26ClN5O2/c1-29-8-7-15-10-22(32-2)20(9-16(15)12-29)27-24-26-11-19(25)23(28-24)30-13-17(14-31)18-5-3-4-6-21(18)30/h3-6,9-11,17,31H,7-8,12-14H2,1-2H3,(H,26,27,28). The van der Waals surface area contributed by atoms with E-state index in [0.29, 0.717) is 23.3 Å². The molecule has 0 saturated carbocycles. The number of nitrogens with zero attached hydrogens (tertiary/aromatic N) is 4. The van der Waals surface area contributed by atoms with Gasteiger partial charge in [-0.1, -0.05) is 29.8 Å². The summed E-state index contributed by atoms with van der Waals surface area (Å²) < 4.78 is 5.64. The number of halogens is 1. The first-order valence-electron chi connectivity index (χ1n) is 10.7. The molecule has 0 fully saturated rings. The van der Waals surface area contributed by atoms with Gasteiger partial charge in [0.2, 0.25) is 5.95 Å². The van der Waals surface area contributed by atoms with Crippen LogP contribution in [0.2, 0.25) is 5.02 Å². The smallest absolute Gasteiger partial charge is 0.229 e. The molecule has 2 aliphatic heterocycles. The molecule has 3 aromatic rings. The Labute approximate surface area is 192 Å². The van der Waals surface area contributed by atoms with E-state index in [9.17, 15) is 5.11 Å². The predicted molar refractivity (Wildman–Crippen MR) is 127 cm³/mol. The maximum Gasteiger partial charge on any atom is 0.229 e. The molecular weight excluding hydrogens is 426 g/mol. The van der Waals surface area contributed by atoms with E-state index in [1.807, 2.05) is 29.2 Å². The second-order valence-electron chi connectivity index (χ2n) is 8.35. The van der Waals surface area contributed by atoms with Gasteiger partial charge >= 0.3 is 0 Å². The molecule has 3 heterocycles. The zero-order valence-electron chi connectivity index (χ0n) is 18.2. The minimum atomic E-state index is 0.0198. The van der Waals surface area contributed by atoms with Crippen LogP contribution in [0.4, 0.5) is 23.1 Å². The minimum Gasteiger partial charge on any atom is -0.495 e. The number of rotatable bonds is 5. The molecule has 8 heteroatoms. The first kappa shape index (κ1) is 21.0. The van der Waals surface area contributed by atoms with Crippen LogP contribution < -0.4 is 15.0 Å². The lowest BCUT2D eigenvalue weighted by Gasteiger charge is -2.26. The summed E-state index contributed by atoms with van der Waals surface area (Å²) in [5.74, 6) is 1.84. The summed E-state index contributed by atoms with van der Waals surface area (Å²) in [4.78, 5) is 13.5. The lowest BCUT2D eigenvalue weighted by molar-refractivity contribution is 0.271. The highest BCUT2D eigenvalue weighted by Crippen LogP contribution is 2.42. The van der Waals surface area contributed by atoms with Gasteiger partial charge in [-0.2, -0.15) is 4.98 Å². The van der Waals surface area contributed by atoms with Crippen LogP contribution in [0, 0.1) is 0 Å². The van der Waals surface area contributed by atoms with E-state index in [2.05, 4.69) is 34.4 Å². The largest absolute Gasteiger partial charge is 0.495 e. The van der Waals surface area contributed by atoms with Crippen molar-refractivity contribution >= 4 is 34.7 Å². The molecule has 0 aliphatic carbocycles. The maximum atomic E-state index is 9.85. The normalized spacial score (nSPS) is 17.8. The summed E-state index contributed by atoms with van der Waals surface area (Å²) >= 11 is 6.52. The molecule has 1 atom stereocenters. The van der Waals surface area contributed by atoms with Gasteiger partial charge in [-0.15, -0.1) is 0 Å². The fraction of sp³-hybridized carbons (Fsp3) is 0.333. The monoisotopic (exact) mass is 451 g/mol. The fourth-order valence-corrected chi connectivity index (χ4v) is 4.77. The van der Waals surface area contributed by atoms with Crippen LogP contribution >= 0.6 is 11.6 Å². The Kier molecular flexibility index (Phi) is 5.63. The van der Waals surface area contributed by atoms with E-state index in [0.717, 1.165) is 42.2 Å². The Hall–Kier alpha value is -2.87. The van der Waals surface area contributed by atoms with Crippen LogP contribution in [-0.4, -0.2) is 53.8 Å². The van der Waals surface area contributed by atoms with Crippen molar-refractivity contribution in [3.05, 3.63) is 64.3 Å². The summed E-state index contributed by atoms with van der Waals surface area (Å²) in [5, 5.41) is 13.6. The molecule has 0 spiro atoms. The highest BCUT2D eigenvalue weighted by atomic mass is 35.5. The summed E-state index contributed by atoms with van der Waals surface area (Å²) in [6, 6.07) is 12.3. The highest BCUT2D eigenvalue weighted by Gasteiger charge is 2.31. The van der Waals surface area contributed by atoms with Crippen LogP contribution in [0.1, 0.15) is 22.6 Å². The molecule has 5 rings (SSSR count). The molecule has 0 radical (unpaired) electrons. The number of likely N-dealkylation sites (N-methyl/N-ethyl adjacent to an activating group) is 1. The van der Waals surface area contributed by atoms with E-state index in [1.54, 1.807) is 13.3 Å². The second-order valence-corrected chi connectivity index (χ2v) is 8.76. The van der Waals surface area contributed by atoms with Crippen molar-refractivity contribution in [3.63, 3.8) is 0 Å². The van der Waals surface area contributed by atoms with Crippen molar-refractivity contribution in [2.24, 2.45) is 0 Å². The predicted octanol–water partition coefficient (Wildman–Crippen LogP) is 4.10. The van der Waals surface area contributed by atoms with Crippen molar-refractivity contribution in [1.82, 2.24) is 14.9 Å². The first-order valence-corrected chi connectivity index (χ1v) is 11.1. The second kappa shape index (κ2) is 8.58. The Morgan fingerprint density at radius 2 is 2.09 bits per heavy atom. The average Bonchev–Trinajstić information content (AvgIpc) is 3.18. The molecule has 2 N–H and O–H groups in total. The molecule has 2 aromatic carbocycles. The van der Waals surface area contributed by atoms with Crippen LogP contribution in [-0.2, 0) is 13.0 Å². The van der Waals surface area contributed by atoms with Gasteiger partial charge in [0, 0.05) is 31.2 Å². The Bertz CT molecular complexity index is 1160. The number of nitrogens with one attached hydrogen (secondary N) is 1. The van der Waals surface area contributed by atoms with Crippen molar-refractivity contribution in [2.75, 3.05) is 44.1 Å². The third kappa shape index (κ3) is 3.77. The van der Waals surface area contributed by atoms with E-state index >= 15 is 0 Å². The summed E-state index contributed by atoms with van der Waals surface area (Å²) in [6.45, 7) is 2.62. The van der Waals surface area contributed by atoms with E-state index in [-0.39, 0.29) is 12.5 Å². The molecular formula is C24H26ClN5O2. The van der Waals surface area contributed by atoms with Gasteiger partial charge in [-0.3, -0.25) is 0 Å². The van der Waals surface area contributed by atoms with Crippen LogP contribution in [0.5, 0.6) is 5.75 Å². The molecule has 166 valence electrons. The summed E-state index contributed by atoms with van der Waals surface area (Å²) in [6.07, 6.45) is 2.62. The summed E-state index contributed by atoms with van der Waals surface area (Å²) in [7, 11) is 3.80. The SMILES string of the molecule is COc1cc2c(cc1Nc1ncc(Cl)c(N3CC(CO)c4ccccc43)n1)CN(C)CC2. The zero-order chi connectivity index (χ0) is 22.2. The number of aromatic nitrogens is 2. The number of ether oxygens (including phenoxy) is 1. The molecule has 1 unspecified atom stereocenters. The number of benzene rings is 2. The van der Waals surface area contributed by atoms with Gasteiger partial charge in [-0.05, 0) is 48.4 Å². The number of para-hydroxylation sites is 1. The van der Waals surface area contributed by atoms with Crippen molar-refractivity contribution < 1.29 is 9.84 Å². The number of aliphatic hydroxyl groups is 1. The molecule has 7 nitrogen and oxygen atoms in total. The Balaban J connectivity index is 1.49. The Morgan fingerprint density at radius 1 is 1.25 bits per heavy atom. The third-order valence-corrected chi connectivity index (χ3v) is 6.51. The molecule has 32 heavy (non-hydrogen) atoms. The quantitative estimate of drug-likeness (QED) is 0.605. The molecule has 2 aliphatic rings. The average molecular weight is 452 g/mol. The number of methoxy groups -OCH3 is 1. The lowest BCUT2D eigenvalue weighted by Crippen LogP contribution is -2.26. The van der Waals surface area contributed by atoms with Crippen molar-refractivity contribution in [1.29, 1.82) is 0 Å². The summed E-state index contributed by atoms with van der Waals surface area (Å²) in [5.41, 5.74) is 5.51. The molecule has 0 saturated heterocycles. The van der Waals surface area contributed by atoms with Crippen LogP contribution in [0.15, 0.2) is 42.6 Å². The molecule has 0 bridgehead atoms. The third-order valence-electron chi connectivity index (χ3n) is 6.24. The van der Waals surface area contributed by atoms with Gasteiger partial charge in [0.05, 0.1) is 25.6 Å². The maximum absolute atomic E-state index is 9.85. The number of hydrogen-bond acceptors (Lipinski definition) is 7. The number of fused-ring (bicyclic) bond motifs is 2. The van der Waals surface area contributed by atoms with E-state index < -0.39 is 0 Å². The van der Waals surface area contributed by atoms with Crippen molar-refractivity contribution in [2.45, 2.75) is 18.9 Å². The van der Waals surface area contributed by atoms with Gasteiger partial charge < -0.3 is 25.0 Å². The topological polar surface area (TPSA) is 73.8 Å². The fourth-order valence-electron chi connectivity index (χ4n) is 4.57. The lowest BCUT2D eigenvalue weighted by atomic mass is 9.99. The Morgan fingerprint density at radius 3 is 2.91 bits per heavy atom. The van der Waals surface area contributed by atoms with Gasteiger partial charge in [-0.25, -0.2) is 4.98 Å². The number of hydrogen-bond donors (Lipinski definition) is 2. The number of anilines is 4. The highest BCUT2D eigenvalue weighted by molar-refractivity contribution is 6.33. The van der Waals surface area contributed by atoms with Gasteiger partial charge in [0.1, 0.15) is 10.8 Å². The van der Waals surface area contributed by atoms with Gasteiger partial charge in [0.25, 0.3) is 0 Å². The van der Waals surface area contributed by atoms with Gasteiger partial charge in [0.15, 0.2) is 5.82 Å². The number of aliphatic hydroxyl groups excluding tert-OH is 1. The first-order chi connectivity index (χ1) is 15.6. The molecule has 0 amide bonds.